The molecule has 6 nitrogen and oxygen atoms in total. The molecule has 0 atom stereocenters. The number of hydrogen-bond donors (Lipinski definition) is 1. The van der Waals surface area contributed by atoms with Crippen molar-refractivity contribution < 1.29 is 8.42 Å². The molecule has 2 N–H and O–H groups in total. The molecule has 0 aliphatic rings. The van der Waals surface area contributed by atoms with Gasteiger partial charge in [-0.05, 0) is 11.4 Å². The zero-order valence-corrected chi connectivity index (χ0v) is 12.2. The van der Waals surface area contributed by atoms with Crippen molar-refractivity contribution in [2.45, 2.75) is 18.0 Å². The molecule has 0 saturated carbocycles. The monoisotopic (exact) mass is 300 g/mol. The minimum Gasteiger partial charge on any atom is -0.329 e. The Hall–Kier alpha value is -1.22. The second-order valence-electron chi connectivity index (χ2n) is 4.07. The van der Waals surface area contributed by atoms with E-state index in [1.807, 2.05) is 17.5 Å². The van der Waals surface area contributed by atoms with E-state index >= 15 is 0 Å². The summed E-state index contributed by atoms with van der Waals surface area (Å²) in [7, 11) is -1.93. The van der Waals surface area contributed by atoms with E-state index in [1.165, 1.54) is 32.7 Å². The first-order valence-corrected chi connectivity index (χ1v) is 8.07. The van der Waals surface area contributed by atoms with Crippen LogP contribution in [0.5, 0.6) is 0 Å². The Morgan fingerprint density at radius 1 is 1.53 bits per heavy atom. The van der Waals surface area contributed by atoms with Crippen LogP contribution in [0.15, 0.2) is 34.8 Å². The fraction of sp³-hybridized carbons (Fsp3) is 0.364. The van der Waals surface area contributed by atoms with Crippen LogP contribution >= 0.6 is 11.3 Å². The molecule has 104 valence electrons. The van der Waals surface area contributed by atoms with Gasteiger partial charge in [0, 0.05) is 31.2 Å². The van der Waals surface area contributed by atoms with Gasteiger partial charge in [0.2, 0.25) is 10.0 Å². The first-order chi connectivity index (χ1) is 9.04. The zero-order chi connectivity index (χ0) is 13.9. The van der Waals surface area contributed by atoms with Gasteiger partial charge in [0.05, 0.1) is 12.7 Å². The van der Waals surface area contributed by atoms with Gasteiger partial charge in [0.25, 0.3) is 0 Å². The molecular formula is C11H16N4O2S2. The van der Waals surface area contributed by atoms with E-state index in [9.17, 15) is 8.42 Å². The summed E-state index contributed by atoms with van der Waals surface area (Å²) in [6.07, 6.45) is 2.86. The van der Waals surface area contributed by atoms with Crippen LogP contribution in [0, 0.1) is 0 Å². The lowest BCUT2D eigenvalue weighted by Crippen LogP contribution is -2.25. The lowest BCUT2D eigenvalue weighted by molar-refractivity contribution is 0.469. The number of hydrogen-bond acceptors (Lipinski definition) is 5. The van der Waals surface area contributed by atoms with Crippen LogP contribution in [-0.4, -0.2) is 36.1 Å². The van der Waals surface area contributed by atoms with Crippen molar-refractivity contribution in [2.75, 3.05) is 13.6 Å². The number of nitrogens with two attached hydrogens (primary N) is 1. The number of sulfonamides is 1. The van der Waals surface area contributed by atoms with Gasteiger partial charge in [-0.3, -0.25) is 4.68 Å². The molecule has 2 rings (SSSR count). The Labute approximate surface area is 116 Å². The Balaban J connectivity index is 2.16. The molecule has 19 heavy (non-hydrogen) atoms. The maximum atomic E-state index is 12.3. The summed E-state index contributed by atoms with van der Waals surface area (Å²) in [6, 6.07) is 3.81. The minimum atomic E-state index is -3.50. The molecule has 2 heterocycles. The molecule has 0 aliphatic heterocycles. The van der Waals surface area contributed by atoms with E-state index in [-0.39, 0.29) is 4.90 Å². The Morgan fingerprint density at radius 2 is 2.32 bits per heavy atom. The van der Waals surface area contributed by atoms with Crippen molar-refractivity contribution in [1.29, 1.82) is 0 Å². The molecule has 0 radical (unpaired) electrons. The Kier molecular flexibility index (Phi) is 4.35. The molecule has 0 saturated heterocycles. The first kappa shape index (κ1) is 14.2. The highest BCUT2D eigenvalue weighted by atomic mass is 32.2. The van der Waals surface area contributed by atoms with Crippen molar-refractivity contribution >= 4 is 21.4 Å². The summed E-state index contributed by atoms with van der Waals surface area (Å²) in [6.45, 7) is 1.29. The SMILES string of the molecule is CN(Cc1cccs1)S(=O)(=O)c1cnn(CCN)c1. The van der Waals surface area contributed by atoms with E-state index in [0.29, 0.717) is 19.6 Å². The van der Waals surface area contributed by atoms with Gasteiger partial charge < -0.3 is 5.73 Å². The summed E-state index contributed by atoms with van der Waals surface area (Å²) in [5, 5.41) is 5.91. The topological polar surface area (TPSA) is 81.2 Å². The van der Waals surface area contributed by atoms with Crippen molar-refractivity contribution in [3.05, 3.63) is 34.8 Å². The molecule has 2 aromatic heterocycles. The summed E-state index contributed by atoms with van der Waals surface area (Å²) >= 11 is 1.53. The van der Waals surface area contributed by atoms with Gasteiger partial charge >= 0.3 is 0 Å². The molecule has 0 spiro atoms. The highest BCUT2D eigenvalue weighted by Crippen LogP contribution is 2.18. The normalized spacial score (nSPS) is 12.2. The fourth-order valence-corrected chi connectivity index (χ4v) is 3.56. The predicted molar refractivity (Wildman–Crippen MR) is 74.3 cm³/mol. The quantitative estimate of drug-likeness (QED) is 0.852. The maximum absolute atomic E-state index is 12.3. The third kappa shape index (κ3) is 3.21. The summed E-state index contributed by atoms with van der Waals surface area (Å²) in [5.74, 6) is 0. The lowest BCUT2D eigenvalue weighted by atomic mass is 10.5. The van der Waals surface area contributed by atoms with E-state index in [0.717, 1.165) is 4.88 Å². The van der Waals surface area contributed by atoms with Crippen molar-refractivity contribution in [2.24, 2.45) is 5.73 Å². The lowest BCUT2D eigenvalue weighted by Gasteiger charge is -2.14. The van der Waals surface area contributed by atoms with Crippen LogP contribution in [0.4, 0.5) is 0 Å². The largest absolute Gasteiger partial charge is 0.329 e. The van der Waals surface area contributed by atoms with Gasteiger partial charge in [0.1, 0.15) is 4.90 Å². The maximum Gasteiger partial charge on any atom is 0.246 e. The van der Waals surface area contributed by atoms with Crippen LogP contribution in [0.3, 0.4) is 0 Å². The second-order valence-corrected chi connectivity index (χ2v) is 7.15. The van der Waals surface area contributed by atoms with Crippen LogP contribution < -0.4 is 5.73 Å². The second kappa shape index (κ2) is 5.83. The Morgan fingerprint density at radius 3 is 2.95 bits per heavy atom. The fourth-order valence-electron chi connectivity index (χ4n) is 1.62. The predicted octanol–water partition coefficient (Wildman–Crippen LogP) is 0.724. The molecule has 0 bridgehead atoms. The summed E-state index contributed by atoms with van der Waals surface area (Å²) in [5.41, 5.74) is 5.41. The molecular weight excluding hydrogens is 284 g/mol. The smallest absolute Gasteiger partial charge is 0.246 e. The average molecular weight is 300 g/mol. The molecule has 0 amide bonds. The molecule has 0 fully saturated rings. The van der Waals surface area contributed by atoms with Crippen molar-refractivity contribution in [3.8, 4) is 0 Å². The average Bonchev–Trinajstić information content (AvgIpc) is 3.00. The molecule has 2 aromatic rings. The molecule has 0 aliphatic carbocycles. The third-order valence-corrected chi connectivity index (χ3v) is 5.25. The molecule has 0 aromatic carbocycles. The van der Waals surface area contributed by atoms with Crippen LogP contribution in [0.2, 0.25) is 0 Å². The van der Waals surface area contributed by atoms with E-state index in [1.54, 1.807) is 7.05 Å². The van der Waals surface area contributed by atoms with E-state index in [2.05, 4.69) is 5.10 Å². The Bertz CT molecular complexity index is 619. The van der Waals surface area contributed by atoms with Crippen LogP contribution in [0.1, 0.15) is 4.88 Å². The van der Waals surface area contributed by atoms with Gasteiger partial charge in [-0.15, -0.1) is 11.3 Å². The van der Waals surface area contributed by atoms with Gasteiger partial charge in [0.15, 0.2) is 0 Å². The van der Waals surface area contributed by atoms with Gasteiger partial charge in [-0.1, -0.05) is 6.07 Å². The summed E-state index contributed by atoms with van der Waals surface area (Å²) < 4.78 is 27.5. The zero-order valence-electron chi connectivity index (χ0n) is 10.6. The van der Waals surface area contributed by atoms with Crippen molar-refractivity contribution in [3.63, 3.8) is 0 Å². The van der Waals surface area contributed by atoms with E-state index < -0.39 is 10.0 Å². The van der Waals surface area contributed by atoms with E-state index in [4.69, 9.17) is 5.73 Å². The van der Waals surface area contributed by atoms with Gasteiger partial charge in [-0.2, -0.15) is 9.40 Å². The highest BCUT2D eigenvalue weighted by molar-refractivity contribution is 7.89. The van der Waals surface area contributed by atoms with Crippen molar-refractivity contribution in [1.82, 2.24) is 14.1 Å². The van der Waals surface area contributed by atoms with Crippen LogP contribution in [-0.2, 0) is 23.1 Å². The highest BCUT2D eigenvalue weighted by Gasteiger charge is 2.22. The van der Waals surface area contributed by atoms with Crippen LogP contribution in [0.25, 0.3) is 0 Å². The third-order valence-electron chi connectivity index (χ3n) is 2.63. The number of nitrogens with zero attached hydrogens (tertiary/aromatic N) is 3. The standard InChI is InChI=1S/C11H16N4O2S2/c1-14(8-10-3-2-6-18-10)19(16,17)11-7-13-15(9-11)5-4-12/h2-3,6-7,9H,4-5,8,12H2,1H3. The first-order valence-electron chi connectivity index (χ1n) is 5.75. The number of thiophene rings is 1. The van der Waals surface area contributed by atoms with Gasteiger partial charge in [-0.25, -0.2) is 8.42 Å². The minimum absolute atomic E-state index is 0.194. The number of aromatic nitrogens is 2. The summed E-state index contributed by atoms with van der Waals surface area (Å²) in [4.78, 5) is 1.19. The molecule has 8 heteroatoms. The number of rotatable bonds is 6. The molecule has 0 unspecified atom stereocenters.